The number of benzene rings is 3. The topological polar surface area (TPSA) is 57.5 Å². The highest BCUT2D eigenvalue weighted by Crippen LogP contribution is 2.40. The maximum atomic E-state index is 13.1. The molecule has 0 saturated carbocycles. The first-order valence-electron chi connectivity index (χ1n) is 8.67. The van der Waals surface area contributed by atoms with Crippen molar-refractivity contribution in [2.75, 3.05) is 0 Å². The monoisotopic (exact) mass is 374 g/mol. The van der Waals surface area contributed by atoms with Gasteiger partial charge in [-0.25, -0.2) is 0 Å². The Labute approximate surface area is 161 Å². The van der Waals surface area contributed by atoms with Crippen molar-refractivity contribution in [1.29, 1.82) is 0 Å². The fourth-order valence-corrected chi connectivity index (χ4v) is 4.37. The van der Waals surface area contributed by atoms with Crippen LogP contribution in [-0.4, -0.2) is 16.0 Å². The lowest BCUT2D eigenvalue weighted by Crippen LogP contribution is -2.30. The molecule has 0 aliphatic carbocycles. The third-order valence-electron chi connectivity index (χ3n) is 4.74. The minimum Gasteiger partial charge on any atom is -0.506 e. The smallest absolute Gasteiger partial charge is 0.180 e. The van der Waals surface area contributed by atoms with Crippen LogP contribution in [0.15, 0.2) is 84.9 Å². The predicted molar refractivity (Wildman–Crippen MR) is 108 cm³/mol. The molecule has 0 amide bonds. The summed E-state index contributed by atoms with van der Waals surface area (Å²) >= 11 is 1.25. The zero-order valence-corrected chi connectivity index (χ0v) is 15.3. The summed E-state index contributed by atoms with van der Waals surface area (Å²) in [6.07, 6.45) is -0.151. The van der Waals surface area contributed by atoms with Crippen LogP contribution in [-0.2, 0) is 5.60 Å². The molecule has 3 nitrogen and oxygen atoms in total. The molecule has 0 radical (unpaired) electrons. The van der Waals surface area contributed by atoms with Crippen LogP contribution in [0.25, 0.3) is 10.1 Å². The molecule has 4 heteroatoms. The summed E-state index contributed by atoms with van der Waals surface area (Å²) in [5, 5.41) is 22.7. The molecule has 0 bridgehead atoms. The number of ketones is 1. The number of hydrogen-bond donors (Lipinski definition) is 2. The summed E-state index contributed by atoms with van der Waals surface area (Å²) < 4.78 is 0.848. The molecule has 0 fully saturated rings. The van der Waals surface area contributed by atoms with E-state index in [4.69, 9.17) is 0 Å². The van der Waals surface area contributed by atoms with E-state index in [1.165, 1.54) is 11.3 Å². The lowest BCUT2D eigenvalue weighted by molar-refractivity contribution is 0.0585. The summed E-state index contributed by atoms with van der Waals surface area (Å²) in [5.74, 6) is -0.298. The third-order valence-corrected chi connectivity index (χ3v) is 5.94. The first-order valence-corrected chi connectivity index (χ1v) is 9.48. The van der Waals surface area contributed by atoms with Crippen molar-refractivity contribution in [2.45, 2.75) is 12.0 Å². The van der Waals surface area contributed by atoms with Crippen molar-refractivity contribution in [3.63, 3.8) is 0 Å². The Bertz CT molecular complexity index is 1050. The van der Waals surface area contributed by atoms with Gasteiger partial charge in [-0.1, -0.05) is 72.8 Å². The molecule has 0 saturated heterocycles. The van der Waals surface area contributed by atoms with E-state index in [0.717, 1.165) is 4.70 Å². The Balaban J connectivity index is 1.78. The molecule has 0 aliphatic heterocycles. The second kappa shape index (κ2) is 6.99. The lowest BCUT2D eigenvalue weighted by atomic mass is 9.82. The molecule has 134 valence electrons. The normalized spacial score (nSPS) is 11.6. The first kappa shape index (κ1) is 17.5. The molecule has 2 N–H and O–H groups in total. The summed E-state index contributed by atoms with van der Waals surface area (Å²) in [6, 6.07) is 25.7. The van der Waals surface area contributed by atoms with Gasteiger partial charge in [0.15, 0.2) is 5.78 Å². The molecular formula is C23H18O3S. The maximum absolute atomic E-state index is 13.1. The first-order chi connectivity index (χ1) is 13.1. The van der Waals surface area contributed by atoms with Gasteiger partial charge in [0.2, 0.25) is 0 Å². The number of carbonyl (C=O) groups is 1. The second-order valence-electron chi connectivity index (χ2n) is 6.47. The Morgan fingerprint density at radius 2 is 1.33 bits per heavy atom. The number of carbonyl (C=O) groups excluding carboxylic acids is 1. The van der Waals surface area contributed by atoms with Crippen LogP contribution in [0.5, 0.6) is 5.75 Å². The minimum atomic E-state index is -1.47. The summed E-state index contributed by atoms with van der Waals surface area (Å²) in [5.41, 5.74) is -0.183. The van der Waals surface area contributed by atoms with Crippen LogP contribution in [0.3, 0.4) is 0 Å². The number of thiophene rings is 1. The van der Waals surface area contributed by atoms with Crippen LogP contribution in [0, 0.1) is 0 Å². The third kappa shape index (κ3) is 3.14. The molecule has 4 aromatic rings. The number of Topliss-reactive ketones (excluding diaryl/α,β-unsaturated/α-hetero) is 1. The van der Waals surface area contributed by atoms with Gasteiger partial charge in [-0.05, 0) is 23.3 Å². The lowest BCUT2D eigenvalue weighted by Gasteiger charge is -2.28. The average molecular weight is 374 g/mol. The number of aromatic hydroxyl groups is 1. The number of aliphatic hydroxyl groups is 1. The predicted octanol–water partition coefficient (Wildman–Crippen LogP) is 5.12. The molecule has 3 aromatic carbocycles. The molecule has 0 atom stereocenters. The van der Waals surface area contributed by atoms with Crippen LogP contribution in [0.4, 0.5) is 0 Å². The second-order valence-corrected chi connectivity index (χ2v) is 7.52. The molecule has 1 heterocycles. The van der Waals surface area contributed by atoms with Crippen molar-refractivity contribution >= 4 is 27.2 Å². The molecule has 27 heavy (non-hydrogen) atoms. The standard InChI is InChI=1S/C23H18O3S/c24-19(22-21(25)18-13-7-8-14-20(18)27-22)15-23(26,16-9-3-1-4-10-16)17-11-5-2-6-12-17/h1-14,25-26H,15H2. The van der Waals surface area contributed by atoms with Gasteiger partial charge in [0.1, 0.15) is 16.2 Å². The number of fused-ring (bicyclic) bond motifs is 1. The quantitative estimate of drug-likeness (QED) is 0.477. The number of rotatable bonds is 5. The molecule has 0 spiro atoms. The van der Waals surface area contributed by atoms with E-state index in [0.29, 0.717) is 16.5 Å². The Morgan fingerprint density at radius 3 is 1.89 bits per heavy atom. The van der Waals surface area contributed by atoms with Crippen molar-refractivity contribution in [3.05, 3.63) is 101 Å². The van der Waals surface area contributed by atoms with Crippen LogP contribution in [0.1, 0.15) is 27.2 Å². The SMILES string of the molecule is O=C(CC(O)(c1ccccc1)c1ccccc1)c1sc2ccccc2c1O. The summed E-state index contributed by atoms with van der Waals surface area (Å²) in [4.78, 5) is 13.4. The van der Waals surface area contributed by atoms with Crippen molar-refractivity contribution in [2.24, 2.45) is 0 Å². The van der Waals surface area contributed by atoms with Crippen molar-refractivity contribution < 1.29 is 15.0 Å². The average Bonchev–Trinajstić information content (AvgIpc) is 3.06. The van der Waals surface area contributed by atoms with Crippen LogP contribution in [0.2, 0.25) is 0 Å². The minimum absolute atomic E-state index is 0.0101. The van der Waals surface area contributed by atoms with Crippen LogP contribution >= 0.6 is 11.3 Å². The summed E-state index contributed by atoms with van der Waals surface area (Å²) in [6.45, 7) is 0. The Morgan fingerprint density at radius 1 is 0.815 bits per heavy atom. The largest absolute Gasteiger partial charge is 0.506 e. The zero-order chi connectivity index (χ0) is 18.9. The van der Waals surface area contributed by atoms with E-state index in [1.54, 1.807) is 6.07 Å². The van der Waals surface area contributed by atoms with Gasteiger partial charge in [-0.3, -0.25) is 4.79 Å². The van der Waals surface area contributed by atoms with Gasteiger partial charge in [-0.15, -0.1) is 11.3 Å². The Hall–Kier alpha value is -2.95. The molecule has 1 aromatic heterocycles. The fraction of sp³-hybridized carbons (Fsp3) is 0.0870. The molecule has 0 unspecified atom stereocenters. The van der Waals surface area contributed by atoms with Gasteiger partial charge < -0.3 is 10.2 Å². The highest BCUT2D eigenvalue weighted by atomic mass is 32.1. The summed E-state index contributed by atoms with van der Waals surface area (Å²) in [7, 11) is 0. The fourth-order valence-electron chi connectivity index (χ4n) is 3.33. The van der Waals surface area contributed by atoms with E-state index >= 15 is 0 Å². The van der Waals surface area contributed by atoms with E-state index in [2.05, 4.69) is 0 Å². The van der Waals surface area contributed by atoms with Gasteiger partial charge in [-0.2, -0.15) is 0 Å². The molecular weight excluding hydrogens is 356 g/mol. The van der Waals surface area contributed by atoms with Crippen molar-refractivity contribution in [1.82, 2.24) is 0 Å². The van der Waals surface area contributed by atoms with Gasteiger partial charge in [0.05, 0.1) is 0 Å². The number of hydrogen-bond acceptors (Lipinski definition) is 4. The van der Waals surface area contributed by atoms with Gasteiger partial charge in [0.25, 0.3) is 0 Å². The molecule has 4 rings (SSSR count). The highest BCUT2D eigenvalue weighted by molar-refractivity contribution is 7.21. The highest BCUT2D eigenvalue weighted by Gasteiger charge is 2.35. The van der Waals surface area contributed by atoms with E-state index in [-0.39, 0.29) is 22.8 Å². The van der Waals surface area contributed by atoms with E-state index in [9.17, 15) is 15.0 Å². The Kier molecular flexibility index (Phi) is 4.52. The molecule has 0 aliphatic rings. The van der Waals surface area contributed by atoms with Crippen molar-refractivity contribution in [3.8, 4) is 5.75 Å². The maximum Gasteiger partial charge on any atom is 0.180 e. The van der Waals surface area contributed by atoms with Gasteiger partial charge in [0, 0.05) is 16.5 Å². The van der Waals surface area contributed by atoms with Crippen LogP contribution < -0.4 is 0 Å². The zero-order valence-electron chi connectivity index (χ0n) is 14.5. The van der Waals surface area contributed by atoms with E-state index in [1.807, 2.05) is 78.9 Å². The van der Waals surface area contributed by atoms with Gasteiger partial charge >= 0.3 is 0 Å². The van der Waals surface area contributed by atoms with E-state index < -0.39 is 5.60 Å².